The molecule has 2 aliphatic rings. The number of carbonyl (C=O) groups is 1. The van der Waals surface area contributed by atoms with Gasteiger partial charge in [-0.1, -0.05) is 0 Å². The molecule has 114 valence electrons. The third-order valence-corrected chi connectivity index (χ3v) is 4.22. The van der Waals surface area contributed by atoms with Crippen LogP contribution in [0, 0.1) is 0 Å². The Bertz CT molecular complexity index is 534. The lowest BCUT2D eigenvalue weighted by molar-refractivity contribution is -0.0762. The Hall–Kier alpha value is -1.49. The third kappa shape index (κ3) is 2.93. The van der Waals surface area contributed by atoms with Crippen LogP contribution in [0.3, 0.4) is 0 Å². The molecule has 0 bridgehead atoms. The van der Waals surface area contributed by atoms with Crippen molar-refractivity contribution in [1.29, 1.82) is 0 Å². The molecule has 0 N–H and O–H groups in total. The first-order chi connectivity index (χ1) is 10.1. The van der Waals surface area contributed by atoms with Gasteiger partial charge in [0.05, 0.1) is 17.9 Å². The lowest BCUT2D eigenvalue weighted by Crippen LogP contribution is -2.33. The number of hydrogen-bond donors (Lipinski definition) is 0. The van der Waals surface area contributed by atoms with Crippen molar-refractivity contribution < 1.29 is 14.3 Å². The molecular weight excluding hydrogens is 268 g/mol. The molecule has 1 aromatic heterocycles. The molecule has 1 aromatic rings. The number of aromatic nitrogens is 2. The fraction of sp³-hybridized carbons (Fsp3) is 0.688. The summed E-state index contributed by atoms with van der Waals surface area (Å²) in [7, 11) is 0. The first kappa shape index (κ1) is 14.4. The fourth-order valence-corrected chi connectivity index (χ4v) is 2.79. The average Bonchev–Trinajstić information content (AvgIpc) is 3.32. The van der Waals surface area contributed by atoms with Gasteiger partial charge in [-0.15, -0.1) is 0 Å². The molecule has 0 spiro atoms. The van der Waals surface area contributed by atoms with E-state index in [1.54, 1.807) is 13.1 Å². The van der Waals surface area contributed by atoms with Crippen molar-refractivity contribution in [2.45, 2.75) is 57.5 Å². The van der Waals surface area contributed by atoms with Crippen molar-refractivity contribution in [3.05, 3.63) is 23.3 Å². The molecule has 1 saturated carbocycles. The predicted octanol–water partition coefficient (Wildman–Crippen LogP) is 2.95. The maximum absolute atomic E-state index is 12.0. The zero-order valence-electron chi connectivity index (χ0n) is 12.7. The van der Waals surface area contributed by atoms with Gasteiger partial charge in [-0.2, -0.15) is 0 Å². The number of nitrogens with zero attached hydrogens (tertiary/aromatic N) is 2. The summed E-state index contributed by atoms with van der Waals surface area (Å²) in [5.41, 5.74) is 0.936. The van der Waals surface area contributed by atoms with Crippen LogP contribution in [-0.2, 0) is 15.1 Å². The highest BCUT2D eigenvalue weighted by Crippen LogP contribution is 2.42. The van der Waals surface area contributed by atoms with E-state index in [-0.39, 0.29) is 5.97 Å². The summed E-state index contributed by atoms with van der Waals surface area (Å²) in [6.07, 6.45) is 6.93. The molecule has 3 rings (SSSR count). The van der Waals surface area contributed by atoms with E-state index in [4.69, 9.17) is 14.5 Å². The molecule has 1 saturated heterocycles. The molecule has 5 heteroatoms. The normalized spacial score (nSPS) is 25.6. The molecular formula is C16H22N2O3. The molecule has 0 aromatic carbocycles. The second kappa shape index (κ2) is 5.72. The highest BCUT2D eigenvalue weighted by molar-refractivity contribution is 5.90. The molecule has 0 amide bonds. The fourth-order valence-electron chi connectivity index (χ4n) is 2.79. The molecule has 1 aliphatic carbocycles. The second-order valence-electron chi connectivity index (χ2n) is 6.02. The Kier molecular flexibility index (Phi) is 3.93. The van der Waals surface area contributed by atoms with Gasteiger partial charge < -0.3 is 9.47 Å². The maximum atomic E-state index is 12.0. The first-order valence-corrected chi connectivity index (χ1v) is 7.82. The van der Waals surface area contributed by atoms with Gasteiger partial charge in [0.15, 0.2) is 5.82 Å². The lowest BCUT2D eigenvalue weighted by atomic mass is 9.94. The van der Waals surface area contributed by atoms with Crippen LogP contribution in [0.1, 0.15) is 73.7 Å². The van der Waals surface area contributed by atoms with Crippen LogP contribution in [0.4, 0.5) is 0 Å². The van der Waals surface area contributed by atoms with E-state index in [1.807, 2.05) is 6.92 Å². The molecule has 21 heavy (non-hydrogen) atoms. The lowest BCUT2D eigenvalue weighted by Gasteiger charge is -2.32. The summed E-state index contributed by atoms with van der Waals surface area (Å²) >= 11 is 0. The Labute approximate surface area is 125 Å². The molecule has 1 unspecified atom stereocenters. The molecule has 2 heterocycles. The van der Waals surface area contributed by atoms with Crippen LogP contribution in [0.25, 0.3) is 0 Å². The molecule has 0 radical (unpaired) electrons. The molecule has 1 aliphatic heterocycles. The van der Waals surface area contributed by atoms with Crippen LogP contribution in [-0.4, -0.2) is 29.2 Å². The quantitative estimate of drug-likeness (QED) is 0.798. The number of rotatable bonds is 4. The molecule has 5 nitrogen and oxygen atoms in total. The van der Waals surface area contributed by atoms with Crippen LogP contribution < -0.4 is 0 Å². The van der Waals surface area contributed by atoms with Gasteiger partial charge in [-0.05, 0) is 46.0 Å². The van der Waals surface area contributed by atoms with Gasteiger partial charge in [0.2, 0.25) is 0 Å². The van der Waals surface area contributed by atoms with E-state index in [1.165, 1.54) is 0 Å². The zero-order valence-corrected chi connectivity index (χ0v) is 12.7. The van der Waals surface area contributed by atoms with E-state index in [0.29, 0.717) is 23.9 Å². The molecule has 2 fully saturated rings. The maximum Gasteiger partial charge on any atom is 0.341 e. The summed E-state index contributed by atoms with van der Waals surface area (Å²) in [6.45, 7) is 4.97. The van der Waals surface area contributed by atoms with Crippen LogP contribution in [0.5, 0.6) is 0 Å². The van der Waals surface area contributed by atoms with Crippen molar-refractivity contribution in [3.8, 4) is 0 Å². The minimum atomic E-state index is -0.422. The SMILES string of the molecule is CCOC(=O)c1cnc(C2(C)CCCCO2)nc1C1CC1. The zero-order chi connectivity index (χ0) is 14.9. The van der Waals surface area contributed by atoms with E-state index in [0.717, 1.165) is 44.4 Å². The van der Waals surface area contributed by atoms with Gasteiger partial charge >= 0.3 is 5.97 Å². The number of ether oxygens (including phenoxy) is 2. The van der Waals surface area contributed by atoms with Gasteiger partial charge in [-0.25, -0.2) is 14.8 Å². The minimum absolute atomic E-state index is 0.319. The van der Waals surface area contributed by atoms with Gasteiger partial charge in [-0.3, -0.25) is 0 Å². The predicted molar refractivity (Wildman–Crippen MR) is 77.1 cm³/mol. The first-order valence-electron chi connectivity index (χ1n) is 7.82. The molecule has 1 atom stereocenters. The smallest absolute Gasteiger partial charge is 0.341 e. The van der Waals surface area contributed by atoms with Crippen molar-refractivity contribution in [2.24, 2.45) is 0 Å². The van der Waals surface area contributed by atoms with Gasteiger partial charge in [0.25, 0.3) is 0 Å². The topological polar surface area (TPSA) is 61.3 Å². The minimum Gasteiger partial charge on any atom is -0.462 e. The number of carbonyl (C=O) groups excluding carboxylic acids is 1. The number of hydrogen-bond acceptors (Lipinski definition) is 5. The van der Waals surface area contributed by atoms with Crippen LogP contribution in [0.15, 0.2) is 6.20 Å². The summed E-state index contributed by atoms with van der Waals surface area (Å²) < 4.78 is 11.0. The van der Waals surface area contributed by atoms with Crippen molar-refractivity contribution >= 4 is 5.97 Å². The van der Waals surface area contributed by atoms with Gasteiger partial charge in [0, 0.05) is 18.7 Å². The van der Waals surface area contributed by atoms with E-state index < -0.39 is 5.60 Å². The van der Waals surface area contributed by atoms with Crippen molar-refractivity contribution in [3.63, 3.8) is 0 Å². The van der Waals surface area contributed by atoms with Gasteiger partial charge in [0.1, 0.15) is 5.60 Å². The highest BCUT2D eigenvalue weighted by atomic mass is 16.5. The monoisotopic (exact) mass is 290 g/mol. The third-order valence-electron chi connectivity index (χ3n) is 4.22. The van der Waals surface area contributed by atoms with Crippen LogP contribution >= 0.6 is 0 Å². The summed E-state index contributed by atoms with van der Waals surface area (Å²) in [5, 5.41) is 0. The van der Waals surface area contributed by atoms with E-state index in [9.17, 15) is 4.79 Å². The second-order valence-corrected chi connectivity index (χ2v) is 6.02. The number of esters is 1. The van der Waals surface area contributed by atoms with E-state index >= 15 is 0 Å². The average molecular weight is 290 g/mol. The summed E-state index contributed by atoms with van der Waals surface area (Å²) in [6, 6.07) is 0. The Morgan fingerprint density at radius 3 is 2.90 bits per heavy atom. The largest absolute Gasteiger partial charge is 0.462 e. The van der Waals surface area contributed by atoms with Crippen molar-refractivity contribution in [2.75, 3.05) is 13.2 Å². The van der Waals surface area contributed by atoms with Crippen LogP contribution in [0.2, 0.25) is 0 Å². The summed E-state index contributed by atoms with van der Waals surface area (Å²) in [5.74, 6) is 0.760. The van der Waals surface area contributed by atoms with E-state index in [2.05, 4.69) is 4.98 Å². The highest BCUT2D eigenvalue weighted by Gasteiger charge is 2.36. The summed E-state index contributed by atoms with van der Waals surface area (Å²) in [4.78, 5) is 21.1. The standard InChI is InChI=1S/C16H22N2O3/c1-3-20-14(19)12-10-17-15(18-13(12)11-6-7-11)16(2)8-4-5-9-21-16/h10-11H,3-9H2,1-2H3. The van der Waals surface area contributed by atoms with Crippen molar-refractivity contribution in [1.82, 2.24) is 9.97 Å². The Morgan fingerprint density at radius 1 is 1.48 bits per heavy atom. The Balaban J connectivity index is 1.93. The Morgan fingerprint density at radius 2 is 2.29 bits per heavy atom.